The SMILES string of the molecule is CCCc1nnc(SCc2ccc(Cl)cc2)n1/N=C/c1ccc(OCc2ccccc2C)c(OC)c1. The van der Waals surface area contributed by atoms with Crippen LogP contribution < -0.4 is 9.47 Å². The molecule has 8 heteroatoms. The number of methoxy groups -OCH3 is 1. The van der Waals surface area contributed by atoms with Crippen LogP contribution in [-0.4, -0.2) is 28.2 Å². The molecule has 0 bridgehead atoms. The molecule has 0 fully saturated rings. The Kier molecular flexibility index (Phi) is 9.03. The van der Waals surface area contributed by atoms with E-state index in [2.05, 4.69) is 36.2 Å². The van der Waals surface area contributed by atoms with Gasteiger partial charge in [0, 0.05) is 17.2 Å². The molecule has 36 heavy (non-hydrogen) atoms. The molecule has 0 N–H and O–H groups in total. The third kappa shape index (κ3) is 6.68. The van der Waals surface area contributed by atoms with Crippen LogP contribution in [0.15, 0.2) is 77.0 Å². The van der Waals surface area contributed by atoms with Gasteiger partial charge in [0.2, 0.25) is 5.16 Å². The van der Waals surface area contributed by atoms with Crippen LogP contribution in [0, 0.1) is 6.92 Å². The van der Waals surface area contributed by atoms with E-state index in [1.165, 1.54) is 5.56 Å². The first-order chi connectivity index (χ1) is 17.6. The summed E-state index contributed by atoms with van der Waals surface area (Å²) in [6, 6.07) is 21.8. The summed E-state index contributed by atoms with van der Waals surface area (Å²) in [5.74, 6) is 2.92. The Labute approximate surface area is 221 Å². The maximum absolute atomic E-state index is 6.05. The van der Waals surface area contributed by atoms with Crippen LogP contribution in [0.5, 0.6) is 11.5 Å². The monoisotopic (exact) mass is 520 g/mol. The van der Waals surface area contributed by atoms with E-state index >= 15 is 0 Å². The molecule has 186 valence electrons. The van der Waals surface area contributed by atoms with E-state index < -0.39 is 0 Å². The van der Waals surface area contributed by atoms with Gasteiger partial charge in [-0.2, -0.15) is 9.78 Å². The number of hydrogen-bond donors (Lipinski definition) is 0. The van der Waals surface area contributed by atoms with Crippen LogP contribution in [0.25, 0.3) is 0 Å². The fourth-order valence-corrected chi connectivity index (χ4v) is 4.53. The zero-order valence-corrected chi connectivity index (χ0v) is 22.2. The van der Waals surface area contributed by atoms with Gasteiger partial charge >= 0.3 is 0 Å². The Balaban J connectivity index is 1.50. The van der Waals surface area contributed by atoms with Gasteiger partial charge in [-0.3, -0.25) is 0 Å². The van der Waals surface area contributed by atoms with Crippen molar-refractivity contribution < 1.29 is 9.47 Å². The molecule has 0 amide bonds. The number of thioether (sulfide) groups is 1. The second kappa shape index (κ2) is 12.6. The van der Waals surface area contributed by atoms with Crippen LogP contribution in [0.1, 0.15) is 41.4 Å². The maximum atomic E-state index is 6.05. The molecular formula is C28H29ClN4O2S. The molecule has 3 aromatic carbocycles. The summed E-state index contributed by atoms with van der Waals surface area (Å²) in [6.45, 7) is 4.67. The predicted octanol–water partition coefficient (Wildman–Crippen LogP) is 6.95. The summed E-state index contributed by atoms with van der Waals surface area (Å²) in [7, 11) is 1.64. The summed E-state index contributed by atoms with van der Waals surface area (Å²) in [5, 5.41) is 14.9. The van der Waals surface area contributed by atoms with Gasteiger partial charge in [0.15, 0.2) is 17.3 Å². The summed E-state index contributed by atoms with van der Waals surface area (Å²) in [4.78, 5) is 0. The highest BCUT2D eigenvalue weighted by atomic mass is 35.5. The number of hydrogen-bond acceptors (Lipinski definition) is 6. The van der Waals surface area contributed by atoms with Gasteiger partial charge in [-0.1, -0.05) is 66.7 Å². The van der Waals surface area contributed by atoms with Gasteiger partial charge in [0.05, 0.1) is 13.3 Å². The molecule has 0 aliphatic heterocycles. The van der Waals surface area contributed by atoms with Crippen molar-refractivity contribution in [2.75, 3.05) is 7.11 Å². The van der Waals surface area contributed by atoms with E-state index in [0.717, 1.165) is 51.3 Å². The summed E-state index contributed by atoms with van der Waals surface area (Å²) < 4.78 is 13.5. The molecule has 1 aromatic heterocycles. The van der Waals surface area contributed by atoms with Crippen molar-refractivity contribution in [3.63, 3.8) is 0 Å². The topological polar surface area (TPSA) is 61.5 Å². The highest BCUT2D eigenvalue weighted by molar-refractivity contribution is 7.98. The minimum absolute atomic E-state index is 0.478. The van der Waals surface area contributed by atoms with Crippen molar-refractivity contribution in [3.05, 3.63) is 99.8 Å². The molecule has 0 spiro atoms. The average Bonchev–Trinajstić information content (AvgIpc) is 3.28. The van der Waals surface area contributed by atoms with E-state index in [1.807, 2.05) is 59.3 Å². The zero-order chi connectivity index (χ0) is 25.3. The first-order valence-electron chi connectivity index (χ1n) is 11.8. The fourth-order valence-electron chi connectivity index (χ4n) is 3.55. The number of aryl methyl sites for hydroxylation is 2. The Morgan fingerprint density at radius 3 is 2.58 bits per heavy atom. The van der Waals surface area contributed by atoms with Crippen LogP contribution in [0.2, 0.25) is 5.02 Å². The van der Waals surface area contributed by atoms with Gasteiger partial charge < -0.3 is 9.47 Å². The number of aromatic nitrogens is 3. The van der Waals surface area contributed by atoms with Gasteiger partial charge in [-0.15, -0.1) is 10.2 Å². The van der Waals surface area contributed by atoms with E-state index in [9.17, 15) is 0 Å². The molecule has 0 saturated carbocycles. The summed E-state index contributed by atoms with van der Waals surface area (Å²) >= 11 is 7.60. The molecule has 0 unspecified atom stereocenters. The molecule has 0 aliphatic carbocycles. The van der Waals surface area contributed by atoms with Gasteiger partial charge in [0.1, 0.15) is 6.61 Å². The van der Waals surface area contributed by atoms with Crippen molar-refractivity contribution in [1.29, 1.82) is 0 Å². The predicted molar refractivity (Wildman–Crippen MR) is 147 cm³/mol. The molecule has 4 rings (SSSR count). The maximum Gasteiger partial charge on any atom is 0.212 e. The van der Waals surface area contributed by atoms with E-state index in [1.54, 1.807) is 25.1 Å². The minimum atomic E-state index is 0.478. The lowest BCUT2D eigenvalue weighted by atomic mass is 10.1. The van der Waals surface area contributed by atoms with Crippen LogP contribution in [0.4, 0.5) is 0 Å². The van der Waals surface area contributed by atoms with E-state index in [0.29, 0.717) is 18.1 Å². The third-order valence-electron chi connectivity index (χ3n) is 5.59. The fraction of sp³-hybridized carbons (Fsp3) is 0.250. The number of rotatable bonds is 11. The van der Waals surface area contributed by atoms with Crippen LogP contribution in [0.3, 0.4) is 0 Å². The number of nitrogens with zero attached hydrogens (tertiary/aromatic N) is 4. The molecule has 0 saturated heterocycles. The third-order valence-corrected chi connectivity index (χ3v) is 6.83. The first kappa shape index (κ1) is 25.8. The molecule has 4 aromatic rings. The smallest absolute Gasteiger partial charge is 0.212 e. The second-order valence-electron chi connectivity index (χ2n) is 8.25. The standard InChI is InChI=1S/C28H29ClN4O2S/c1-4-7-27-31-32-28(36-19-21-10-13-24(29)14-11-21)33(27)30-17-22-12-15-25(26(16-22)34-3)35-18-23-9-6-5-8-20(23)2/h5-6,8-17H,4,7,18-19H2,1-3H3/b30-17+. The van der Waals surface area contributed by atoms with Gasteiger partial charge in [-0.25, -0.2) is 0 Å². The summed E-state index contributed by atoms with van der Waals surface area (Å²) in [6.07, 6.45) is 3.54. The Morgan fingerprint density at radius 1 is 1.03 bits per heavy atom. The zero-order valence-electron chi connectivity index (χ0n) is 20.6. The van der Waals surface area contributed by atoms with Crippen molar-refractivity contribution in [1.82, 2.24) is 14.9 Å². The molecule has 0 atom stereocenters. The number of ether oxygens (including phenoxy) is 2. The van der Waals surface area contributed by atoms with Crippen molar-refractivity contribution >= 4 is 29.6 Å². The molecule has 0 aliphatic rings. The van der Waals surface area contributed by atoms with Crippen LogP contribution >= 0.6 is 23.4 Å². The van der Waals surface area contributed by atoms with Crippen LogP contribution in [-0.2, 0) is 18.8 Å². The molecule has 6 nitrogen and oxygen atoms in total. The highest BCUT2D eigenvalue weighted by Gasteiger charge is 2.12. The lowest BCUT2D eigenvalue weighted by Gasteiger charge is -2.12. The Bertz CT molecular complexity index is 1320. The normalized spacial score (nSPS) is 11.2. The molecule has 1 heterocycles. The average molecular weight is 521 g/mol. The quantitative estimate of drug-likeness (QED) is 0.158. The van der Waals surface area contributed by atoms with Gasteiger partial charge in [-0.05, 0) is 65.9 Å². The molecular weight excluding hydrogens is 492 g/mol. The summed E-state index contributed by atoms with van der Waals surface area (Å²) in [5.41, 5.74) is 4.39. The van der Waals surface area contributed by atoms with Crippen molar-refractivity contribution in [2.45, 2.75) is 44.2 Å². The van der Waals surface area contributed by atoms with Crippen molar-refractivity contribution in [3.8, 4) is 11.5 Å². The number of halogens is 1. The second-order valence-corrected chi connectivity index (χ2v) is 9.62. The molecule has 0 radical (unpaired) electrons. The van der Waals surface area contributed by atoms with E-state index in [-0.39, 0.29) is 0 Å². The minimum Gasteiger partial charge on any atom is -0.493 e. The van der Waals surface area contributed by atoms with Crippen molar-refractivity contribution in [2.24, 2.45) is 5.10 Å². The Hall–Kier alpha value is -3.29. The van der Waals surface area contributed by atoms with Gasteiger partial charge in [0.25, 0.3) is 0 Å². The lowest BCUT2D eigenvalue weighted by Crippen LogP contribution is -2.01. The number of benzene rings is 3. The lowest BCUT2D eigenvalue weighted by molar-refractivity contribution is 0.284. The largest absolute Gasteiger partial charge is 0.493 e. The van der Waals surface area contributed by atoms with E-state index in [4.69, 9.17) is 26.2 Å². The Morgan fingerprint density at radius 2 is 1.83 bits per heavy atom. The first-order valence-corrected chi connectivity index (χ1v) is 13.1. The highest BCUT2D eigenvalue weighted by Crippen LogP contribution is 2.29.